The molecule has 1 atom stereocenters. The topological polar surface area (TPSA) is 81.9 Å². The van der Waals surface area contributed by atoms with Crippen molar-refractivity contribution in [3.05, 3.63) is 59.7 Å². The van der Waals surface area contributed by atoms with Crippen LogP contribution in [0.1, 0.15) is 30.0 Å². The van der Waals surface area contributed by atoms with E-state index in [9.17, 15) is 4.79 Å². The van der Waals surface area contributed by atoms with Crippen LogP contribution in [0.2, 0.25) is 0 Å². The average molecular weight is 363 g/mol. The van der Waals surface area contributed by atoms with Gasteiger partial charge in [-0.1, -0.05) is 36.4 Å². The number of hydrogen-bond acceptors (Lipinski definition) is 5. The van der Waals surface area contributed by atoms with E-state index >= 15 is 0 Å². The number of carbonyl (C=O) groups excluding carboxylic acids is 1. The lowest BCUT2D eigenvalue weighted by atomic mass is 9.88. The number of benzene rings is 2. The number of amides is 1. The lowest BCUT2D eigenvalue weighted by Crippen LogP contribution is -2.34. The van der Waals surface area contributed by atoms with Crippen LogP contribution in [0.25, 0.3) is 11.4 Å². The van der Waals surface area contributed by atoms with Crippen LogP contribution in [0, 0.1) is 0 Å². The molecule has 0 saturated carbocycles. The largest absolute Gasteiger partial charge is 0.497 e. The first kappa shape index (κ1) is 17.2. The molecule has 1 amide bonds. The van der Waals surface area contributed by atoms with E-state index in [2.05, 4.69) is 32.9 Å². The molecule has 1 N–H and O–H groups in total. The van der Waals surface area contributed by atoms with Crippen molar-refractivity contribution in [2.45, 2.75) is 31.8 Å². The Morgan fingerprint density at radius 1 is 1.26 bits per heavy atom. The highest BCUT2D eigenvalue weighted by Gasteiger charge is 2.21. The molecule has 1 aliphatic carbocycles. The number of nitrogens with zero attached hydrogens (tertiary/aromatic N) is 4. The van der Waals surface area contributed by atoms with E-state index in [1.807, 2.05) is 36.4 Å². The standard InChI is InChI=1S/C20H21N5O2/c1-27-16-9-4-8-15(12-16)20-22-24-25(23-20)13-19(26)21-18-11-5-7-14-6-2-3-10-17(14)18/h2-4,6,8-10,12,18H,5,7,11,13H2,1H3,(H,21,26). The molecule has 1 aromatic heterocycles. The quantitative estimate of drug-likeness (QED) is 0.753. The predicted molar refractivity (Wildman–Crippen MR) is 100 cm³/mol. The summed E-state index contributed by atoms with van der Waals surface area (Å²) >= 11 is 0. The van der Waals surface area contributed by atoms with E-state index in [4.69, 9.17) is 4.74 Å². The minimum Gasteiger partial charge on any atom is -0.497 e. The highest BCUT2D eigenvalue weighted by Crippen LogP contribution is 2.29. The fraction of sp³-hybridized carbons (Fsp3) is 0.300. The first-order valence-corrected chi connectivity index (χ1v) is 9.02. The van der Waals surface area contributed by atoms with Gasteiger partial charge in [-0.15, -0.1) is 10.2 Å². The number of nitrogens with one attached hydrogen (secondary N) is 1. The van der Waals surface area contributed by atoms with Crippen molar-refractivity contribution in [3.8, 4) is 17.1 Å². The van der Waals surface area contributed by atoms with E-state index in [0.717, 1.165) is 30.6 Å². The molecule has 138 valence electrons. The number of aromatic nitrogens is 4. The zero-order valence-corrected chi connectivity index (χ0v) is 15.1. The van der Waals surface area contributed by atoms with Gasteiger partial charge in [0.25, 0.3) is 0 Å². The Morgan fingerprint density at radius 3 is 3.04 bits per heavy atom. The smallest absolute Gasteiger partial charge is 0.244 e. The van der Waals surface area contributed by atoms with Crippen molar-refractivity contribution in [3.63, 3.8) is 0 Å². The molecule has 7 heteroatoms. The lowest BCUT2D eigenvalue weighted by Gasteiger charge is -2.26. The molecular formula is C20H21N5O2. The first-order valence-electron chi connectivity index (χ1n) is 9.02. The third-order valence-electron chi connectivity index (χ3n) is 4.77. The molecule has 27 heavy (non-hydrogen) atoms. The molecule has 0 spiro atoms. The summed E-state index contributed by atoms with van der Waals surface area (Å²) in [4.78, 5) is 13.8. The maximum absolute atomic E-state index is 12.5. The number of hydrogen-bond donors (Lipinski definition) is 1. The normalized spacial score (nSPS) is 15.8. The van der Waals surface area contributed by atoms with Crippen molar-refractivity contribution in [2.75, 3.05) is 7.11 Å². The van der Waals surface area contributed by atoms with Crippen LogP contribution < -0.4 is 10.1 Å². The van der Waals surface area contributed by atoms with Crippen LogP contribution in [0.3, 0.4) is 0 Å². The number of carbonyl (C=O) groups is 1. The maximum Gasteiger partial charge on any atom is 0.244 e. The number of fused-ring (bicyclic) bond motifs is 1. The summed E-state index contributed by atoms with van der Waals surface area (Å²) in [6, 6.07) is 15.8. The molecule has 0 aliphatic heterocycles. The van der Waals surface area contributed by atoms with Gasteiger partial charge >= 0.3 is 0 Å². The highest BCUT2D eigenvalue weighted by molar-refractivity contribution is 5.76. The Kier molecular flexibility index (Phi) is 4.82. The monoisotopic (exact) mass is 363 g/mol. The molecule has 4 rings (SSSR count). The van der Waals surface area contributed by atoms with Gasteiger partial charge in [-0.3, -0.25) is 4.79 Å². The van der Waals surface area contributed by atoms with E-state index in [1.165, 1.54) is 15.9 Å². The van der Waals surface area contributed by atoms with E-state index in [-0.39, 0.29) is 18.5 Å². The summed E-state index contributed by atoms with van der Waals surface area (Å²) in [5, 5.41) is 15.5. The van der Waals surface area contributed by atoms with Gasteiger partial charge < -0.3 is 10.1 Å². The fourth-order valence-corrected chi connectivity index (χ4v) is 3.46. The van der Waals surface area contributed by atoms with Crippen LogP contribution in [-0.2, 0) is 17.8 Å². The van der Waals surface area contributed by atoms with E-state index in [0.29, 0.717) is 5.82 Å². The lowest BCUT2D eigenvalue weighted by molar-refractivity contribution is -0.122. The van der Waals surface area contributed by atoms with Gasteiger partial charge in [-0.05, 0) is 47.7 Å². The second-order valence-electron chi connectivity index (χ2n) is 6.59. The minimum atomic E-state index is -0.119. The van der Waals surface area contributed by atoms with Crippen LogP contribution in [0.4, 0.5) is 0 Å². The Hall–Kier alpha value is -3.22. The first-order chi connectivity index (χ1) is 13.2. The number of methoxy groups -OCH3 is 1. The minimum absolute atomic E-state index is 0.0373. The zero-order chi connectivity index (χ0) is 18.6. The van der Waals surface area contributed by atoms with Gasteiger partial charge in [0.05, 0.1) is 13.2 Å². The van der Waals surface area contributed by atoms with Crippen molar-refractivity contribution < 1.29 is 9.53 Å². The second kappa shape index (κ2) is 7.57. The molecule has 3 aromatic rings. The van der Waals surface area contributed by atoms with Crippen molar-refractivity contribution in [2.24, 2.45) is 0 Å². The molecule has 0 bridgehead atoms. The van der Waals surface area contributed by atoms with Gasteiger partial charge in [-0.25, -0.2) is 0 Å². The molecule has 1 aliphatic rings. The molecule has 1 heterocycles. The van der Waals surface area contributed by atoms with Gasteiger partial charge in [0.15, 0.2) is 0 Å². The average Bonchev–Trinajstić information content (AvgIpc) is 3.17. The summed E-state index contributed by atoms with van der Waals surface area (Å²) in [7, 11) is 1.61. The number of tetrazole rings is 1. The second-order valence-corrected chi connectivity index (χ2v) is 6.59. The fourth-order valence-electron chi connectivity index (χ4n) is 3.46. The number of aryl methyl sites for hydroxylation is 1. The van der Waals surface area contributed by atoms with E-state index in [1.54, 1.807) is 7.11 Å². The van der Waals surface area contributed by atoms with Crippen LogP contribution in [-0.4, -0.2) is 33.2 Å². The van der Waals surface area contributed by atoms with E-state index < -0.39 is 0 Å². The summed E-state index contributed by atoms with van der Waals surface area (Å²) in [5.74, 6) is 1.06. The van der Waals surface area contributed by atoms with Crippen molar-refractivity contribution >= 4 is 5.91 Å². The molecule has 7 nitrogen and oxygen atoms in total. The van der Waals surface area contributed by atoms with Crippen LogP contribution in [0.5, 0.6) is 5.75 Å². The van der Waals surface area contributed by atoms with Gasteiger partial charge in [0.2, 0.25) is 11.7 Å². The molecule has 0 radical (unpaired) electrons. The number of ether oxygens (including phenoxy) is 1. The van der Waals surface area contributed by atoms with Crippen LogP contribution in [0.15, 0.2) is 48.5 Å². The van der Waals surface area contributed by atoms with Crippen molar-refractivity contribution in [1.82, 2.24) is 25.5 Å². The van der Waals surface area contributed by atoms with Gasteiger partial charge in [0, 0.05) is 5.56 Å². The molecule has 0 fully saturated rings. The van der Waals surface area contributed by atoms with Crippen LogP contribution >= 0.6 is 0 Å². The maximum atomic E-state index is 12.5. The number of rotatable bonds is 5. The summed E-state index contributed by atoms with van der Waals surface area (Å²) < 4.78 is 5.21. The Morgan fingerprint density at radius 2 is 2.15 bits per heavy atom. The predicted octanol–water partition coefficient (Wildman–Crippen LogP) is 2.54. The summed E-state index contributed by atoms with van der Waals surface area (Å²) in [5.41, 5.74) is 3.32. The molecular weight excluding hydrogens is 342 g/mol. The molecule has 0 saturated heterocycles. The Balaban J connectivity index is 1.43. The third-order valence-corrected chi connectivity index (χ3v) is 4.77. The van der Waals surface area contributed by atoms with Gasteiger partial charge in [0.1, 0.15) is 12.3 Å². The Labute approximate surface area is 157 Å². The highest BCUT2D eigenvalue weighted by atomic mass is 16.5. The summed E-state index contributed by atoms with van der Waals surface area (Å²) in [6.07, 6.45) is 3.09. The molecule has 2 aromatic carbocycles. The van der Waals surface area contributed by atoms with Crippen molar-refractivity contribution in [1.29, 1.82) is 0 Å². The zero-order valence-electron chi connectivity index (χ0n) is 15.1. The molecule has 1 unspecified atom stereocenters. The third kappa shape index (κ3) is 3.81. The SMILES string of the molecule is COc1cccc(-c2nnn(CC(=O)NC3CCCc4ccccc43)n2)c1. The summed E-state index contributed by atoms with van der Waals surface area (Å²) in [6.45, 7) is 0.0373. The van der Waals surface area contributed by atoms with Gasteiger partial charge in [-0.2, -0.15) is 4.80 Å². The Bertz CT molecular complexity index is 953.